The highest BCUT2D eigenvalue weighted by Gasteiger charge is 2.17. The number of carboxylic acids is 1. The summed E-state index contributed by atoms with van der Waals surface area (Å²) in [7, 11) is 0. The third-order valence-corrected chi connectivity index (χ3v) is 2.70. The van der Waals surface area contributed by atoms with Gasteiger partial charge in [0.25, 0.3) is 11.6 Å². The number of anilines is 1. The van der Waals surface area contributed by atoms with E-state index in [1.54, 1.807) is 0 Å². The Bertz CT molecular complexity index is 585. The number of carbonyl (C=O) groups excluding carboxylic acids is 1. The number of nitro benzene ring substituents is 1. The summed E-state index contributed by atoms with van der Waals surface area (Å²) in [5.74, 6) is -2.53. The van der Waals surface area contributed by atoms with Gasteiger partial charge in [-0.25, -0.2) is 4.79 Å². The van der Waals surface area contributed by atoms with Crippen LogP contribution in [-0.2, 0) is 9.59 Å². The Balaban J connectivity index is 2.95. The second-order valence-corrected chi connectivity index (χ2v) is 3.95. The third kappa shape index (κ3) is 3.94. The maximum Gasteiger partial charge on any atom is 0.349 e. The second kappa shape index (κ2) is 6.17. The van der Waals surface area contributed by atoms with Gasteiger partial charge in [0.2, 0.25) is 0 Å². The molecule has 0 fully saturated rings. The molecule has 0 bridgehead atoms. The van der Waals surface area contributed by atoms with Crippen LogP contribution in [0, 0.1) is 10.1 Å². The Labute approximate surface area is 116 Å². The molecule has 0 spiro atoms. The van der Waals surface area contributed by atoms with E-state index in [9.17, 15) is 19.7 Å². The molecular formula is C10H6Cl2N2O5. The van der Waals surface area contributed by atoms with Crippen molar-refractivity contribution in [3.8, 4) is 0 Å². The molecule has 0 aliphatic rings. The van der Waals surface area contributed by atoms with Crippen LogP contribution in [-0.4, -0.2) is 21.9 Å². The zero-order valence-electron chi connectivity index (χ0n) is 9.09. The van der Waals surface area contributed by atoms with Crippen LogP contribution in [0.25, 0.3) is 0 Å². The predicted octanol–water partition coefficient (Wildman–Crippen LogP) is 2.31. The Kier molecular flexibility index (Phi) is 4.85. The Morgan fingerprint density at radius 1 is 1.26 bits per heavy atom. The van der Waals surface area contributed by atoms with Crippen LogP contribution in [0.2, 0.25) is 0 Å². The first kappa shape index (κ1) is 14.9. The lowest BCUT2D eigenvalue weighted by Crippen LogP contribution is -2.14. The van der Waals surface area contributed by atoms with Crippen LogP contribution in [0.4, 0.5) is 11.4 Å². The first-order chi connectivity index (χ1) is 8.82. The van der Waals surface area contributed by atoms with Crippen LogP contribution >= 0.6 is 23.2 Å². The van der Waals surface area contributed by atoms with Crippen molar-refractivity contribution < 1.29 is 19.6 Å². The Hall–Kier alpha value is -2.12. The van der Waals surface area contributed by atoms with Crippen molar-refractivity contribution in [1.82, 2.24) is 0 Å². The minimum Gasteiger partial charge on any atom is -0.477 e. The molecule has 0 unspecified atom stereocenters. The molecule has 0 atom stereocenters. The lowest BCUT2D eigenvalue weighted by atomic mass is 10.3. The molecule has 0 saturated heterocycles. The lowest BCUT2D eigenvalue weighted by molar-refractivity contribution is -0.384. The molecule has 2 N–H and O–H groups in total. The molecule has 1 aromatic rings. The molecule has 0 aliphatic heterocycles. The number of non-ortho nitro benzene ring substituents is 1. The average Bonchev–Trinajstić information content (AvgIpc) is 2.37. The molecular weight excluding hydrogens is 299 g/mol. The fraction of sp³-hybridized carbons (Fsp3) is 0. The molecule has 0 saturated carbocycles. The van der Waals surface area contributed by atoms with E-state index in [0.29, 0.717) is 0 Å². The van der Waals surface area contributed by atoms with Gasteiger partial charge in [-0.2, -0.15) is 0 Å². The minimum atomic E-state index is -1.55. The van der Waals surface area contributed by atoms with Gasteiger partial charge in [-0.1, -0.05) is 29.3 Å². The van der Waals surface area contributed by atoms with Crippen molar-refractivity contribution in [2.24, 2.45) is 0 Å². The summed E-state index contributed by atoms with van der Waals surface area (Å²) in [6.07, 6.45) is 0. The first-order valence-corrected chi connectivity index (χ1v) is 5.43. The van der Waals surface area contributed by atoms with Crippen LogP contribution in [0.5, 0.6) is 0 Å². The standard InChI is InChI=1S/C10H6Cl2N2O5/c11-7(8(12)10(16)17)9(15)13-5-2-1-3-6(4-5)14(18)19/h1-4H,(H,13,15)(H,16,17). The number of amides is 1. The number of carboxylic acid groups (broad SMARTS) is 1. The number of aliphatic carboxylic acids is 1. The van der Waals surface area contributed by atoms with Gasteiger partial charge in [0.1, 0.15) is 10.1 Å². The van der Waals surface area contributed by atoms with Gasteiger partial charge < -0.3 is 10.4 Å². The van der Waals surface area contributed by atoms with Crippen LogP contribution in [0.1, 0.15) is 0 Å². The minimum absolute atomic E-state index is 0.0900. The Morgan fingerprint density at radius 3 is 2.42 bits per heavy atom. The molecule has 0 radical (unpaired) electrons. The van der Waals surface area contributed by atoms with Crippen molar-refractivity contribution in [2.45, 2.75) is 0 Å². The van der Waals surface area contributed by atoms with Gasteiger partial charge in [-0.05, 0) is 6.07 Å². The normalized spacial score (nSPS) is 11.5. The number of benzene rings is 1. The van der Waals surface area contributed by atoms with Gasteiger partial charge in [-0.3, -0.25) is 14.9 Å². The highest BCUT2D eigenvalue weighted by atomic mass is 35.5. The molecule has 100 valence electrons. The topological polar surface area (TPSA) is 110 Å². The molecule has 19 heavy (non-hydrogen) atoms. The average molecular weight is 305 g/mol. The molecule has 1 rings (SSSR count). The van der Waals surface area contributed by atoms with Crippen LogP contribution < -0.4 is 5.32 Å². The third-order valence-electron chi connectivity index (χ3n) is 1.89. The van der Waals surface area contributed by atoms with Crippen molar-refractivity contribution in [3.63, 3.8) is 0 Å². The second-order valence-electron chi connectivity index (χ2n) is 3.19. The molecule has 7 nitrogen and oxygen atoms in total. The largest absolute Gasteiger partial charge is 0.477 e. The van der Waals surface area contributed by atoms with Gasteiger partial charge in [-0.15, -0.1) is 0 Å². The van der Waals surface area contributed by atoms with Crippen molar-refractivity contribution in [1.29, 1.82) is 0 Å². The predicted molar refractivity (Wildman–Crippen MR) is 68.1 cm³/mol. The van der Waals surface area contributed by atoms with Gasteiger partial charge in [0, 0.05) is 17.8 Å². The van der Waals surface area contributed by atoms with Gasteiger partial charge in [0.05, 0.1) is 4.92 Å². The van der Waals surface area contributed by atoms with Crippen molar-refractivity contribution >= 4 is 46.5 Å². The molecule has 0 aliphatic carbocycles. The summed E-state index contributed by atoms with van der Waals surface area (Å²) < 4.78 is 0. The van der Waals surface area contributed by atoms with E-state index in [2.05, 4.69) is 5.32 Å². The number of rotatable bonds is 4. The van der Waals surface area contributed by atoms with E-state index in [-0.39, 0.29) is 11.4 Å². The maximum atomic E-state index is 11.5. The van der Waals surface area contributed by atoms with Crippen molar-refractivity contribution in [3.05, 3.63) is 44.4 Å². The summed E-state index contributed by atoms with van der Waals surface area (Å²) in [4.78, 5) is 31.9. The Morgan fingerprint density at radius 2 is 1.89 bits per heavy atom. The van der Waals surface area contributed by atoms with E-state index in [1.807, 2.05) is 0 Å². The summed E-state index contributed by atoms with van der Waals surface area (Å²) in [6, 6.07) is 5.06. The van der Waals surface area contributed by atoms with E-state index < -0.39 is 26.9 Å². The summed E-state index contributed by atoms with van der Waals surface area (Å²) in [5, 5.41) is 19.7. The van der Waals surface area contributed by atoms with Crippen LogP contribution in [0.3, 0.4) is 0 Å². The number of carbonyl (C=O) groups is 2. The zero-order chi connectivity index (χ0) is 14.6. The fourth-order valence-corrected chi connectivity index (χ4v) is 1.29. The highest BCUT2D eigenvalue weighted by molar-refractivity contribution is 6.54. The zero-order valence-corrected chi connectivity index (χ0v) is 10.6. The summed E-state index contributed by atoms with van der Waals surface area (Å²) in [5.41, 5.74) is -0.144. The molecule has 9 heteroatoms. The molecule has 0 heterocycles. The summed E-state index contributed by atoms with van der Waals surface area (Å²) >= 11 is 10.7. The SMILES string of the molecule is O=C(O)C(Cl)=C(Cl)C(=O)Nc1cccc([N+](=O)[O-])c1. The first-order valence-electron chi connectivity index (χ1n) is 4.67. The van der Waals surface area contributed by atoms with Crippen molar-refractivity contribution in [2.75, 3.05) is 5.32 Å². The van der Waals surface area contributed by atoms with E-state index in [1.165, 1.54) is 18.2 Å². The smallest absolute Gasteiger partial charge is 0.349 e. The molecule has 0 aromatic heterocycles. The quantitative estimate of drug-likeness (QED) is 0.504. The molecule has 1 aromatic carbocycles. The fourth-order valence-electron chi connectivity index (χ4n) is 1.08. The number of halogens is 2. The highest BCUT2D eigenvalue weighted by Crippen LogP contribution is 2.20. The number of hydrogen-bond acceptors (Lipinski definition) is 4. The lowest BCUT2D eigenvalue weighted by Gasteiger charge is -2.04. The number of nitrogens with zero attached hydrogens (tertiary/aromatic N) is 1. The van der Waals surface area contributed by atoms with E-state index in [0.717, 1.165) is 6.07 Å². The van der Waals surface area contributed by atoms with Crippen LogP contribution in [0.15, 0.2) is 34.3 Å². The number of hydrogen-bond donors (Lipinski definition) is 2. The monoisotopic (exact) mass is 304 g/mol. The van der Waals surface area contributed by atoms with Gasteiger partial charge >= 0.3 is 5.97 Å². The van der Waals surface area contributed by atoms with Gasteiger partial charge in [0.15, 0.2) is 0 Å². The van der Waals surface area contributed by atoms with E-state index in [4.69, 9.17) is 28.3 Å². The molecule has 1 amide bonds. The summed E-state index contributed by atoms with van der Waals surface area (Å²) in [6.45, 7) is 0. The number of nitro groups is 1. The number of nitrogens with one attached hydrogen (secondary N) is 1. The maximum absolute atomic E-state index is 11.5. The van der Waals surface area contributed by atoms with E-state index >= 15 is 0 Å².